The Kier molecular flexibility index (Phi) is 5.50. The average Bonchev–Trinajstić information content (AvgIpc) is 2.44. The lowest BCUT2D eigenvalue weighted by Gasteiger charge is -2.33. The molecular weight excluding hydrogens is 240 g/mol. The third kappa shape index (κ3) is 4.12. The minimum atomic E-state index is 0.198. The van der Waals surface area contributed by atoms with Gasteiger partial charge in [-0.05, 0) is 56.8 Å². The van der Waals surface area contributed by atoms with Gasteiger partial charge in [0.25, 0.3) is 0 Å². The molecule has 4 heteroatoms. The average molecular weight is 262 g/mol. The van der Waals surface area contributed by atoms with E-state index in [9.17, 15) is 9.59 Å². The Bertz CT molecular complexity index is 376. The molecule has 0 aliphatic heterocycles. The van der Waals surface area contributed by atoms with E-state index in [0.717, 1.165) is 32.1 Å². The standard InChI is InChI=1S/C15H22N2O2/c18-10-16-14-7-5-12(6-8-14)9-13-3-1-2-4-15(13)17-11-19/h12-15H,1-9H2. The van der Waals surface area contributed by atoms with E-state index in [2.05, 4.69) is 9.98 Å². The van der Waals surface area contributed by atoms with Crippen molar-refractivity contribution in [2.24, 2.45) is 21.8 Å². The molecule has 0 N–H and O–H groups in total. The summed E-state index contributed by atoms with van der Waals surface area (Å²) >= 11 is 0. The number of carbonyl (C=O) groups excluding carboxylic acids is 2. The van der Waals surface area contributed by atoms with E-state index in [1.807, 2.05) is 0 Å². The molecule has 0 amide bonds. The molecular formula is C15H22N2O2. The lowest BCUT2D eigenvalue weighted by Crippen LogP contribution is -2.27. The Morgan fingerprint density at radius 3 is 2.21 bits per heavy atom. The second kappa shape index (κ2) is 7.37. The van der Waals surface area contributed by atoms with E-state index in [1.165, 1.54) is 25.7 Å². The van der Waals surface area contributed by atoms with Crippen LogP contribution in [0.2, 0.25) is 0 Å². The topological polar surface area (TPSA) is 58.9 Å². The maximum atomic E-state index is 10.5. The first-order valence-electron chi connectivity index (χ1n) is 7.47. The molecule has 104 valence electrons. The van der Waals surface area contributed by atoms with Gasteiger partial charge in [-0.3, -0.25) is 0 Å². The second-order valence-corrected chi connectivity index (χ2v) is 5.96. The van der Waals surface area contributed by atoms with Crippen molar-refractivity contribution < 1.29 is 9.59 Å². The van der Waals surface area contributed by atoms with Crippen molar-refractivity contribution >= 4 is 12.2 Å². The zero-order chi connectivity index (χ0) is 13.5. The molecule has 0 aromatic heterocycles. The Morgan fingerprint density at radius 1 is 0.842 bits per heavy atom. The Balaban J connectivity index is 1.83. The minimum Gasteiger partial charge on any atom is -0.211 e. The Morgan fingerprint density at radius 2 is 1.53 bits per heavy atom. The van der Waals surface area contributed by atoms with Crippen LogP contribution in [0.4, 0.5) is 0 Å². The molecule has 2 unspecified atom stereocenters. The molecule has 2 aliphatic carbocycles. The first-order chi connectivity index (χ1) is 9.33. The zero-order valence-corrected chi connectivity index (χ0v) is 11.4. The zero-order valence-electron chi connectivity index (χ0n) is 11.4. The van der Waals surface area contributed by atoms with Crippen LogP contribution in [0.25, 0.3) is 0 Å². The number of hydrogen-bond acceptors (Lipinski definition) is 4. The van der Waals surface area contributed by atoms with Crippen molar-refractivity contribution in [3.63, 3.8) is 0 Å². The molecule has 2 atom stereocenters. The number of hydrogen-bond donors (Lipinski definition) is 0. The predicted octanol–water partition coefficient (Wildman–Crippen LogP) is 3.17. The van der Waals surface area contributed by atoms with E-state index in [-0.39, 0.29) is 12.1 Å². The van der Waals surface area contributed by atoms with Gasteiger partial charge in [0.05, 0.1) is 12.1 Å². The van der Waals surface area contributed by atoms with E-state index >= 15 is 0 Å². The number of rotatable bonds is 4. The van der Waals surface area contributed by atoms with Crippen molar-refractivity contribution in [1.82, 2.24) is 0 Å². The van der Waals surface area contributed by atoms with Gasteiger partial charge in [-0.25, -0.2) is 19.6 Å². The van der Waals surface area contributed by atoms with Crippen LogP contribution in [-0.2, 0) is 9.59 Å². The minimum absolute atomic E-state index is 0.198. The third-order valence-electron chi connectivity index (χ3n) is 4.78. The van der Waals surface area contributed by atoms with Gasteiger partial charge in [0.2, 0.25) is 12.2 Å². The van der Waals surface area contributed by atoms with Crippen molar-refractivity contribution in [1.29, 1.82) is 0 Å². The van der Waals surface area contributed by atoms with Crippen molar-refractivity contribution in [2.45, 2.75) is 69.9 Å². The maximum absolute atomic E-state index is 10.5. The highest BCUT2D eigenvalue weighted by Gasteiger charge is 2.29. The number of nitrogens with zero attached hydrogens (tertiary/aromatic N) is 2. The maximum Gasteiger partial charge on any atom is 0.235 e. The van der Waals surface area contributed by atoms with E-state index in [4.69, 9.17) is 0 Å². The highest BCUT2D eigenvalue weighted by molar-refractivity contribution is 5.34. The lowest BCUT2D eigenvalue weighted by atomic mass is 9.75. The summed E-state index contributed by atoms with van der Waals surface area (Å²) in [5.41, 5.74) is 0. The van der Waals surface area contributed by atoms with Gasteiger partial charge in [0.1, 0.15) is 0 Å². The van der Waals surface area contributed by atoms with Crippen LogP contribution >= 0.6 is 0 Å². The van der Waals surface area contributed by atoms with Crippen LogP contribution in [0.5, 0.6) is 0 Å². The fraction of sp³-hybridized carbons (Fsp3) is 0.867. The van der Waals surface area contributed by atoms with Crippen molar-refractivity contribution in [3.05, 3.63) is 0 Å². The van der Waals surface area contributed by atoms with Gasteiger partial charge < -0.3 is 0 Å². The summed E-state index contributed by atoms with van der Waals surface area (Å²) in [6.07, 6.45) is 13.6. The predicted molar refractivity (Wildman–Crippen MR) is 72.4 cm³/mol. The Labute approximate surface area is 114 Å². The molecule has 2 rings (SSSR count). The molecule has 0 spiro atoms. The van der Waals surface area contributed by atoms with Crippen LogP contribution in [0.1, 0.15) is 57.8 Å². The number of aliphatic imine (C=N–C) groups is 2. The molecule has 0 aromatic carbocycles. The summed E-state index contributed by atoms with van der Waals surface area (Å²) in [6, 6.07) is 0.404. The molecule has 2 fully saturated rings. The highest BCUT2D eigenvalue weighted by atomic mass is 16.1. The second-order valence-electron chi connectivity index (χ2n) is 5.96. The normalized spacial score (nSPS) is 34.9. The largest absolute Gasteiger partial charge is 0.235 e. The third-order valence-corrected chi connectivity index (χ3v) is 4.78. The fourth-order valence-electron chi connectivity index (χ4n) is 3.71. The molecule has 0 radical (unpaired) electrons. The molecule has 0 bridgehead atoms. The summed E-state index contributed by atoms with van der Waals surface area (Å²) in [6.45, 7) is 0. The fourth-order valence-corrected chi connectivity index (χ4v) is 3.71. The van der Waals surface area contributed by atoms with E-state index < -0.39 is 0 Å². The van der Waals surface area contributed by atoms with Gasteiger partial charge in [0.15, 0.2) is 0 Å². The molecule has 0 aromatic rings. The first kappa shape index (κ1) is 14.2. The molecule has 19 heavy (non-hydrogen) atoms. The van der Waals surface area contributed by atoms with Gasteiger partial charge in [-0.1, -0.05) is 12.8 Å². The van der Waals surface area contributed by atoms with Gasteiger partial charge >= 0.3 is 0 Å². The van der Waals surface area contributed by atoms with Crippen LogP contribution in [-0.4, -0.2) is 24.2 Å². The molecule has 4 nitrogen and oxygen atoms in total. The van der Waals surface area contributed by atoms with Crippen LogP contribution < -0.4 is 0 Å². The van der Waals surface area contributed by atoms with Crippen LogP contribution in [0.15, 0.2) is 9.98 Å². The molecule has 0 heterocycles. The van der Waals surface area contributed by atoms with Gasteiger partial charge in [-0.2, -0.15) is 0 Å². The summed E-state index contributed by atoms with van der Waals surface area (Å²) in [4.78, 5) is 28.6. The first-order valence-corrected chi connectivity index (χ1v) is 7.47. The quantitative estimate of drug-likeness (QED) is 0.577. The molecule has 2 aliphatic rings. The summed E-state index contributed by atoms with van der Waals surface area (Å²) in [7, 11) is 0. The van der Waals surface area contributed by atoms with E-state index in [1.54, 1.807) is 12.2 Å². The Hall–Kier alpha value is -1.24. The van der Waals surface area contributed by atoms with E-state index in [0.29, 0.717) is 11.8 Å². The van der Waals surface area contributed by atoms with Gasteiger partial charge in [0, 0.05) is 0 Å². The summed E-state index contributed by atoms with van der Waals surface area (Å²) in [5.74, 6) is 1.27. The highest BCUT2D eigenvalue weighted by Crippen LogP contribution is 2.37. The molecule has 2 saturated carbocycles. The molecule has 0 saturated heterocycles. The van der Waals surface area contributed by atoms with Gasteiger partial charge in [-0.15, -0.1) is 0 Å². The lowest BCUT2D eigenvalue weighted by molar-refractivity contribution is 0.214. The van der Waals surface area contributed by atoms with Crippen molar-refractivity contribution in [2.75, 3.05) is 0 Å². The monoisotopic (exact) mass is 262 g/mol. The summed E-state index contributed by atoms with van der Waals surface area (Å²) in [5, 5.41) is 0. The number of isocyanates is 2. The smallest absolute Gasteiger partial charge is 0.211 e. The van der Waals surface area contributed by atoms with Crippen LogP contribution in [0, 0.1) is 11.8 Å². The van der Waals surface area contributed by atoms with Crippen LogP contribution in [0.3, 0.4) is 0 Å². The van der Waals surface area contributed by atoms with Crippen molar-refractivity contribution in [3.8, 4) is 0 Å². The summed E-state index contributed by atoms with van der Waals surface area (Å²) < 4.78 is 0. The SMILES string of the molecule is O=C=NC1CCC(CC2CCCCC2N=C=O)CC1.